The summed E-state index contributed by atoms with van der Waals surface area (Å²) >= 11 is 1.56. The van der Waals surface area contributed by atoms with E-state index < -0.39 is 0 Å². The molecule has 0 bridgehead atoms. The van der Waals surface area contributed by atoms with Gasteiger partial charge in [-0.1, -0.05) is 91.0 Å². The van der Waals surface area contributed by atoms with Gasteiger partial charge < -0.3 is 10.6 Å². The second kappa shape index (κ2) is 11.0. The van der Waals surface area contributed by atoms with Gasteiger partial charge in [0.15, 0.2) is 0 Å². The summed E-state index contributed by atoms with van der Waals surface area (Å²) in [6.07, 6.45) is 1.66. The van der Waals surface area contributed by atoms with Crippen molar-refractivity contribution in [2.24, 2.45) is 5.73 Å². The molecule has 0 spiro atoms. The molecule has 0 saturated carbocycles. The summed E-state index contributed by atoms with van der Waals surface area (Å²) in [7, 11) is 0. The average Bonchev–Trinajstić information content (AvgIpc) is 3.26. The zero-order chi connectivity index (χ0) is 23.0. The van der Waals surface area contributed by atoms with Gasteiger partial charge in [0.05, 0.1) is 9.88 Å². The Morgan fingerprint density at radius 1 is 0.909 bits per heavy atom. The Morgan fingerprint density at radius 3 is 2.09 bits per heavy atom. The first-order valence-corrected chi connectivity index (χ1v) is 12.1. The van der Waals surface area contributed by atoms with Crippen LogP contribution in [0.5, 0.6) is 0 Å². The fraction of sp³-hybridized carbons (Fsp3) is 0.214. The highest BCUT2D eigenvalue weighted by molar-refractivity contribution is 7.15. The van der Waals surface area contributed by atoms with E-state index >= 15 is 0 Å². The third kappa shape index (κ3) is 5.75. The second-order valence-electron chi connectivity index (χ2n) is 8.11. The Bertz CT molecular complexity index is 1160. The van der Waals surface area contributed by atoms with Crippen LogP contribution in [0, 0.1) is 6.92 Å². The third-order valence-electron chi connectivity index (χ3n) is 5.75. The molecule has 1 atom stereocenters. The Balaban J connectivity index is 1.66. The summed E-state index contributed by atoms with van der Waals surface area (Å²) < 4.78 is 0. The summed E-state index contributed by atoms with van der Waals surface area (Å²) in [5, 5.41) is 0.880. The summed E-state index contributed by atoms with van der Waals surface area (Å²) in [6.45, 7) is 2.85. The van der Waals surface area contributed by atoms with Crippen molar-refractivity contribution >= 4 is 17.2 Å². The van der Waals surface area contributed by atoms with Gasteiger partial charge >= 0.3 is 0 Å². The van der Waals surface area contributed by atoms with Crippen LogP contribution < -0.4 is 5.73 Å². The van der Waals surface area contributed by atoms with Crippen LogP contribution in [-0.4, -0.2) is 28.4 Å². The molecule has 1 heterocycles. The molecular weight excluding hydrogens is 426 g/mol. The molecule has 4 aromatic rings. The molecule has 5 heteroatoms. The minimum atomic E-state index is -0.0939. The van der Waals surface area contributed by atoms with Crippen molar-refractivity contribution in [3.63, 3.8) is 0 Å². The van der Waals surface area contributed by atoms with Crippen molar-refractivity contribution in [2.75, 3.05) is 6.54 Å². The van der Waals surface area contributed by atoms with E-state index in [4.69, 9.17) is 5.73 Å². The number of aryl methyl sites for hydroxylation is 2. The van der Waals surface area contributed by atoms with E-state index in [1.165, 1.54) is 5.56 Å². The number of hydrogen-bond donors (Lipinski definition) is 1. The predicted molar refractivity (Wildman–Crippen MR) is 136 cm³/mol. The first-order valence-electron chi connectivity index (χ1n) is 11.3. The standard InChI is InChI=1S/C28H29N3OS/c1-21-30-26(27(33-21)24-15-9-4-10-16-24)28(32)31(20-23-13-7-3-8-14-23)25(19-29)18-17-22-11-5-2-6-12-22/h2-16,25H,17-20,29H2,1H3. The van der Waals surface area contributed by atoms with E-state index in [0.717, 1.165) is 33.9 Å². The molecule has 33 heavy (non-hydrogen) atoms. The van der Waals surface area contributed by atoms with Gasteiger partial charge in [-0.3, -0.25) is 4.79 Å². The first kappa shape index (κ1) is 22.9. The summed E-state index contributed by atoms with van der Waals surface area (Å²) in [5.74, 6) is -0.0643. The smallest absolute Gasteiger partial charge is 0.274 e. The van der Waals surface area contributed by atoms with Crippen LogP contribution in [0.3, 0.4) is 0 Å². The zero-order valence-electron chi connectivity index (χ0n) is 18.9. The quantitative estimate of drug-likeness (QED) is 0.351. The monoisotopic (exact) mass is 455 g/mol. The number of benzene rings is 3. The maximum Gasteiger partial charge on any atom is 0.274 e. The maximum absolute atomic E-state index is 14.0. The third-order valence-corrected chi connectivity index (χ3v) is 6.77. The molecule has 0 fully saturated rings. The predicted octanol–water partition coefficient (Wildman–Crippen LogP) is 5.72. The first-order chi connectivity index (χ1) is 16.2. The van der Waals surface area contributed by atoms with Crippen LogP contribution in [0.4, 0.5) is 0 Å². The molecule has 0 radical (unpaired) electrons. The maximum atomic E-state index is 14.0. The van der Waals surface area contributed by atoms with Crippen LogP contribution >= 0.6 is 11.3 Å². The van der Waals surface area contributed by atoms with Crippen LogP contribution in [0.25, 0.3) is 10.4 Å². The number of hydrogen-bond acceptors (Lipinski definition) is 4. The van der Waals surface area contributed by atoms with Crippen molar-refractivity contribution in [3.05, 3.63) is 113 Å². The van der Waals surface area contributed by atoms with Crippen LogP contribution in [0.1, 0.15) is 33.0 Å². The van der Waals surface area contributed by atoms with Gasteiger partial charge in [-0.2, -0.15) is 0 Å². The number of aromatic nitrogens is 1. The minimum Gasteiger partial charge on any atom is -0.329 e. The van der Waals surface area contributed by atoms with Gasteiger partial charge in [-0.25, -0.2) is 4.98 Å². The molecule has 4 nitrogen and oxygen atoms in total. The topological polar surface area (TPSA) is 59.2 Å². The Morgan fingerprint density at radius 2 is 1.48 bits per heavy atom. The van der Waals surface area contributed by atoms with Gasteiger partial charge in [-0.15, -0.1) is 11.3 Å². The Kier molecular flexibility index (Phi) is 7.66. The van der Waals surface area contributed by atoms with Crippen molar-refractivity contribution in [1.82, 2.24) is 9.88 Å². The normalized spacial score (nSPS) is 11.8. The number of nitrogens with zero attached hydrogens (tertiary/aromatic N) is 2. The molecule has 1 aromatic heterocycles. The van der Waals surface area contributed by atoms with Gasteiger partial charge in [0, 0.05) is 19.1 Å². The molecular formula is C28H29N3OS. The SMILES string of the molecule is Cc1nc(C(=O)N(Cc2ccccc2)C(CN)CCc2ccccc2)c(-c2ccccc2)s1. The van der Waals surface area contributed by atoms with E-state index in [9.17, 15) is 4.79 Å². The van der Waals surface area contributed by atoms with Crippen LogP contribution in [0.2, 0.25) is 0 Å². The molecule has 0 aliphatic heterocycles. The van der Waals surface area contributed by atoms with Crippen LogP contribution in [0.15, 0.2) is 91.0 Å². The highest BCUT2D eigenvalue weighted by atomic mass is 32.1. The van der Waals surface area contributed by atoms with Crippen molar-refractivity contribution in [2.45, 2.75) is 32.4 Å². The van der Waals surface area contributed by atoms with Gasteiger partial charge in [-0.05, 0) is 36.5 Å². The van der Waals surface area contributed by atoms with Gasteiger partial charge in [0.25, 0.3) is 5.91 Å². The second-order valence-corrected chi connectivity index (χ2v) is 9.31. The van der Waals surface area contributed by atoms with Crippen LogP contribution in [-0.2, 0) is 13.0 Å². The molecule has 0 saturated heterocycles. The van der Waals surface area contributed by atoms with Gasteiger partial charge in [0.2, 0.25) is 0 Å². The number of nitrogens with two attached hydrogens (primary N) is 1. The number of amides is 1. The van der Waals surface area contributed by atoms with E-state index in [2.05, 4.69) is 29.2 Å². The lowest BCUT2D eigenvalue weighted by Gasteiger charge is -2.31. The molecule has 0 aliphatic carbocycles. The molecule has 4 rings (SSSR count). The number of thiazole rings is 1. The largest absolute Gasteiger partial charge is 0.329 e. The lowest BCUT2D eigenvalue weighted by molar-refractivity contribution is 0.0652. The molecule has 0 aliphatic rings. The Labute approximate surface area is 199 Å². The van der Waals surface area contributed by atoms with Gasteiger partial charge in [0.1, 0.15) is 5.69 Å². The van der Waals surface area contributed by atoms with E-state index in [1.807, 2.05) is 78.6 Å². The molecule has 2 N–H and O–H groups in total. The lowest BCUT2D eigenvalue weighted by Crippen LogP contribution is -2.44. The van der Waals surface area contributed by atoms with E-state index in [0.29, 0.717) is 18.8 Å². The fourth-order valence-electron chi connectivity index (χ4n) is 4.02. The fourth-order valence-corrected chi connectivity index (χ4v) is 4.93. The van der Waals surface area contributed by atoms with E-state index in [1.54, 1.807) is 11.3 Å². The molecule has 3 aromatic carbocycles. The summed E-state index contributed by atoms with van der Waals surface area (Å²) in [5.41, 5.74) is 10.1. The zero-order valence-corrected chi connectivity index (χ0v) is 19.7. The summed E-state index contributed by atoms with van der Waals surface area (Å²) in [6, 6.07) is 30.4. The highest BCUT2D eigenvalue weighted by Gasteiger charge is 2.28. The van der Waals surface area contributed by atoms with Crippen molar-refractivity contribution in [3.8, 4) is 10.4 Å². The van der Waals surface area contributed by atoms with Crippen molar-refractivity contribution in [1.29, 1.82) is 0 Å². The number of rotatable bonds is 9. The Hall–Kier alpha value is -3.28. The molecule has 1 unspecified atom stereocenters. The number of carbonyl (C=O) groups is 1. The minimum absolute atomic E-state index is 0.0643. The summed E-state index contributed by atoms with van der Waals surface area (Å²) in [4.78, 5) is 21.5. The lowest BCUT2D eigenvalue weighted by atomic mass is 10.0. The van der Waals surface area contributed by atoms with Crippen molar-refractivity contribution < 1.29 is 4.79 Å². The molecule has 168 valence electrons. The average molecular weight is 456 g/mol. The number of carbonyl (C=O) groups excluding carboxylic acids is 1. The highest BCUT2D eigenvalue weighted by Crippen LogP contribution is 2.31. The van der Waals surface area contributed by atoms with E-state index in [-0.39, 0.29) is 11.9 Å². The molecule has 1 amide bonds.